The zero-order valence-corrected chi connectivity index (χ0v) is 14.4. The number of ether oxygens (including phenoxy) is 2. The summed E-state index contributed by atoms with van der Waals surface area (Å²) in [6.07, 6.45) is 7.64. The molecule has 0 bridgehead atoms. The smallest absolute Gasteiger partial charge is 0.163 e. The van der Waals surface area contributed by atoms with Gasteiger partial charge in [-0.2, -0.15) is 0 Å². The van der Waals surface area contributed by atoms with Crippen molar-refractivity contribution < 1.29 is 9.47 Å². The molecular weight excluding hydrogens is 260 g/mol. The summed E-state index contributed by atoms with van der Waals surface area (Å²) < 4.78 is 10.8. The van der Waals surface area contributed by atoms with Crippen LogP contribution in [-0.4, -0.2) is 14.2 Å². The summed E-state index contributed by atoms with van der Waals surface area (Å²) in [7, 11) is 3.41. The number of benzene rings is 1. The highest BCUT2D eigenvalue weighted by Gasteiger charge is 2.10. The van der Waals surface area contributed by atoms with Crippen molar-refractivity contribution in [2.24, 2.45) is 11.8 Å². The van der Waals surface area contributed by atoms with Gasteiger partial charge in [0.2, 0.25) is 0 Å². The molecule has 1 atom stereocenters. The van der Waals surface area contributed by atoms with Crippen LogP contribution in [0.2, 0.25) is 0 Å². The Hall–Kier alpha value is -1.18. The van der Waals surface area contributed by atoms with Gasteiger partial charge in [0, 0.05) is 0 Å². The largest absolute Gasteiger partial charge is 0.493 e. The zero-order chi connectivity index (χ0) is 15.7. The molecule has 0 aliphatic carbocycles. The van der Waals surface area contributed by atoms with Crippen LogP contribution in [0.5, 0.6) is 11.5 Å². The van der Waals surface area contributed by atoms with Crippen molar-refractivity contribution in [1.82, 2.24) is 0 Å². The Labute approximate surface area is 130 Å². The summed E-state index contributed by atoms with van der Waals surface area (Å²) in [4.78, 5) is 0. The molecule has 0 saturated heterocycles. The highest BCUT2D eigenvalue weighted by molar-refractivity contribution is 5.46. The van der Waals surface area contributed by atoms with E-state index in [0.717, 1.165) is 29.8 Å². The summed E-state index contributed by atoms with van der Waals surface area (Å²) >= 11 is 0. The van der Waals surface area contributed by atoms with Crippen LogP contribution in [0, 0.1) is 11.8 Å². The second-order valence-electron chi connectivity index (χ2n) is 6.47. The van der Waals surface area contributed by atoms with Gasteiger partial charge in [-0.25, -0.2) is 0 Å². The van der Waals surface area contributed by atoms with Crippen LogP contribution in [0.4, 0.5) is 0 Å². The molecule has 21 heavy (non-hydrogen) atoms. The van der Waals surface area contributed by atoms with E-state index >= 15 is 0 Å². The van der Waals surface area contributed by atoms with Crippen LogP contribution in [0.1, 0.15) is 58.4 Å². The topological polar surface area (TPSA) is 18.5 Å². The quantitative estimate of drug-likeness (QED) is 0.568. The van der Waals surface area contributed by atoms with E-state index in [1.54, 1.807) is 14.2 Å². The fourth-order valence-corrected chi connectivity index (χ4v) is 2.81. The van der Waals surface area contributed by atoms with E-state index in [9.17, 15) is 0 Å². The molecule has 0 aromatic heterocycles. The average molecular weight is 292 g/mol. The van der Waals surface area contributed by atoms with Crippen LogP contribution in [0.25, 0.3) is 0 Å². The molecule has 0 radical (unpaired) electrons. The molecule has 0 fully saturated rings. The van der Waals surface area contributed by atoms with Crippen molar-refractivity contribution >= 4 is 0 Å². The second-order valence-corrected chi connectivity index (χ2v) is 6.47. The van der Waals surface area contributed by atoms with Crippen molar-refractivity contribution in [1.29, 1.82) is 0 Å². The molecule has 1 rings (SSSR count). The minimum atomic E-state index is 0.820. The number of para-hydroxylation sites is 1. The molecule has 0 aliphatic heterocycles. The van der Waals surface area contributed by atoms with Gasteiger partial charge >= 0.3 is 0 Å². The maximum Gasteiger partial charge on any atom is 0.163 e. The highest BCUT2D eigenvalue weighted by Crippen LogP contribution is 2.32. The summed E-state index contributed by atoms with van der Waals surface area (Å²) in [5.41, 5.74) is 1.26. The average Bonchev–Trinajstić information content (AvgIpc) is 2.46. The molecule has 1 aromatic rings. The van der Waals surface area contributed by atoms with Crippen LogP contribution >= 0.6 is 0 Å². The maximum absolute atomic E-state index is 5.49. The first kappa shape index (κ1) is 17.9. The Kier molecular flexibility index (Phi) is 8.26. The lowest BCUT2D eigenvalue weighted by Gasteiger charge is -2.14. The molecule has 0 spiro atoms. The standard InChI is InChI=1S/C19H32O2/c1-15(2)9-6-10-16(3)11-7-12-17-13-8-14-18(20-4)19(17)21-5/h8,13-16H,6-7,9-12H2,1-5H3/t16-/m1/s1. The minimum absolute atomic E-state index is 0.820. The molecule has 0 aliphatic rings. The van der Waals surface area contributed by atoms with E-state index in [0.29, 0.717) is 0 Å². The minimum Gasteiger partial charge on any atom is -0.493 e. The lowest BCUT2D eigenvalue weighted by Crippen LogP contribution is -2.00. The lowest BCUT2D eigenvalue weighted by atomic mass is 9.94. The molecule has 0 amide bonds. The first-order valence-electron chi connectivity index (χ1n) is 8.28. The van der Waals surface area contributed by atoms with Gasteiger partial charge < -0.3 is 9.47 Å². The van der Waals surface area contributed by atoms with Crippen molar-refractivity contribution in [3.05, 3.63) is 23.8 Å². The van der Waals surface area contributed by atoms with E-state index in [1.165, 1.54) is 37.7 Å². The number of rotatable bonds is 10. The predicted molar refractivity (Wildman–Crippen MR) is 90.3 cm³/mol. The van der Waals surface area contributed by atoms with Crippen LogP contribution in [0.3, 0.4) is 0 Å². The van der Waals surface area contributed by atoms with Crippen LogP contribution < -0.4 is 9.47 Å². The summed E-state index contributed by atoms with van der Waals surface area (Å²) in [6.45, 7) is 6.99. The Morgan fingerprint density at radius 3 is 2.24 bits per heavy atom. The molecule has 120 valence electrons. The second kappa shape index (κ2) is 9.70. The van der Waals surface area contributed by atoms with E-state index < -0.39 is 0 Å². The van der Waals surface area contributed by atoms with Gasteiger partial charge in [-0.1, -0.05) is 58.6 Å². The first-order chi connectivity index (χ1) is 10.1. The lowest BCUT2D eigenvalue weighted by molar-refractivity contribution is 0.350. The van der Waals surface area contributed by atoms with Crippen molar-refractivity contribution in [3.8, 4) is 11.5 Å². The van der Waals surface area contributed by atoms with Gasteiger partial charge in [-0.3, -0.25) is 0 Å². The van der Waals surface area contributed by atoms with Crippen molar-refractivity contribution in [2.45, 2.75) is 59.3 Å². The third kappa shape index (κ3) is 6.41. The molecule has 0 unspecified atom stereocenters. The molecule has 0 N–H and O–H groups in total. The van der Waals surface area contributed by atoms with Crippen molar-refractivity contribution in [2.75, 3.05) is 14.2 Å². The Morgan fingerprint density at radius 2 is 1.62 bits per heavy atom. The number of aryl methyl sites for hydroxylation is 1. The summed E-state index contributed by atoms with van der Waals surface area (Å²) in [5.74, 6) is 3.38. The zero-order valence-electron chi connectivity index (χ0n) is 14.4. The maximum atomic E-state index is 5.49. The Balaban J connectivity index is 2.38. The summed E-state index contributed by atoms with van der Waals surface area (Å²) in [5, 5.41) is 0. The van der Waals surface area contributed by atoms with Gasteiger partial charge in [-0.05, 0) is 36.3 Å². The summed E-state index contributed by atoms with van der Waals surface area (Å²) in [6, 6.07) is 6.14. The third-order valence-corrected chi connectivity index (χ3v) is 4.11. The SMILES string of the molecule is COc1cccc(CCC[C@H](C)CCCC(C)C)c1OC. The molecule has 2 nitrogen and oxygen atoms in total. The van der Waals surface area contributed by atoms with E-state index in [2.05, 4.69) is 26.8 Å². The fourth-order valence-electron chi connectivity index (χ4n) is 2.81. The van der Waals surface area contributed by atoms with Gasteiger partial charge in [-0.15, -0.1) is 0 Å². The van der Waals surface area contributed by atoms with E-state index in [4.69, 9.17) is 9.47 Å². The van der Waals surface area contributed by atoms with Gasteiger partial charge in [0.25, 0.3) is 0 Å². The van der Waals surface area contributed by atoms with Gasteiger partial charge in [0.1, 0.15) is 0 Å². The third-order valence-electron chi connectivity index (χ3n) is 4.11. The molecular formula is C19H32O2. The molecule has 1 aromatic carbocycles. The molecule has 2 heteroatoms. The van der Waals surface area contributed by atoms with Crippen LogP contribution in [0.15, 0.2) is 18.2 Å². The highest BCUT2D eigenvalue weighted by atomic mass is 16.5. The number of methoxy groups -OCH3 is 2. The van der Waals surface area contributed by atoms with Crippen LogP contribution in [-0.2, 0) is 6.42 Å². The Bertz CT molecular complexity index is 399. The van der Waals surface area contributed by atoms with E-state index in [1.807, 2.05) is 12.1 Å². The fraction of sp³-hybridized carbons (Fsp3) is 0.684. The Morgan fingerprint density at radius 1 is 0.905 bits per heavy atom. The number of hydrogen-bond donors (Lipinski definition) is 0. The first-order valence-corrected chi connectivity index (χ1v) is 8.28. The number of hydrogen-bond acceptors (Lipinski definition) is 2. The van der Waals surface area contributed by atoms with E-state index in [-0.39, 0.29) is 0 Å². The normalized spacial score (nSPS) is 12.5. The molecule has 0 saturated carbocycles. The van der Waals surface area contributed by atoms with Gasteiger partial charge in [0.15, 0.2) is 11.5 Å². The monoisotopic (exact) mass is 292 g/mol. The molecule has 0 heterocycles. The van der Waals surface area contributed by atoms with Gasteiger partial charge in [0.05, 0.1) is 14.2 Å². The van der Waals surface area contributed by atoms with Crippen molar-refractivity contribution in [3.63, 3.8) is 0 Å². The predicted octanol–water partition coefficient (Wildman–Crippen LogP) is 5.49.